The average Bonchev–Trinajstić information content (AvgIpc) is 2.38. The summed E-state index contributed by atoms with van der Waals surface area (Å²) in [7, 11) is -2.15. The molecule has 0 saturated carbocycles. The molecule has 0 unspecified atom stereocenters. The number of rotatable bonds is 8. The summed E-state index contributed by atoms with van der Waals surface area (Å²) in [6, 6.07) is 4.02. The fourth-order valence-corrected chi connectivity index (χ4v) is 2.67. The number of nitrogens with zero attached hydrogens (tertiary/aromatic N) is 1. The van der Waals surface area contributed by atoms with E-state index in [0.29, 0.717) is 18.5 Å². The molecule has 0 aliphatic heterocycles. The highest BCUT2D eigenvalue weighted by Gasteiger charge is 2.18. The fraction of sp³-hybridized carbons (Fsp3) is 0.538. The Morgan fingerprint density at radius 3 is 2.70 bits per heavy atom. The quantitative estimate of drug-likeness (QED) is 0.719. The van der Waals surface area contributed by atoms with E-state index in [1.54, 1.807) is 13.0 Å². The van der Waals surface area contributed by atoms with Gasteiger partial charge >= 0.3 is 10.2 Å². The predicted molar refractivity (Wildman–Crippen MR) is 79.5 cm³/mol. The molecule has 0 heterocycles. The molecule has 0 spiro atoms. The Hall–Kier alpha value is -1.18. The molecule has 0 atom stereocenters. The van der Waals surface area contributed by atoms with E-state index in [9.17, 15) is 12.8 Å². The lowest BCUT2D eigenvalue weighted by atomic mass is 10.2. The van der Waals surface area contributed by atoms with E-state index in [2.05, 4.69) is 10.0 Å². The van der Waals surface area contributed by atoms with Crippen LogP contribution < -0.4 is 10.0 Å². The Bertz CT molecular complexity index is 534. The van der Waals surface area contributed by atoms with Gasteiger partial charge < -0.3 is 5.32 Å². The summed E-state index contributed by atoms with van der Waals surface area (Å²) in [5.41, 5.74) is 0.944. The van der Waals surface area contributed by atoms with Crippen LogP contribution in [-0.2, 0) is 10.2 Å². The summed E-state index contributed by atoms with van der Waals surface area (Å²) in [4.78, 5) is 0. The van der Waals surface area contributed by atoms with Crippen molar-refractivity contribution in [3.63, 3.8) is 0 Å². The van der Waals surface area contributed by atoms with Crippen LogP contribution in [0.1, 0.15) is 18.9 Å². The Kier molecular flexibility index (Phi) is 6.38. The van der Waals surface area contributed by atoms with Gasteiger partial charge in [-0.05, 0) is 44.1 Å². The van der Waals surface area contributed by atoms with Crippen LogP contribution in [-0.4, -0.2) is 39.4 Å². The van der Waals surface area contributed by atoms with Gasteiger partial charge in [0.2, 0.25) is 0 Å². The number of anilines is 1. The Balaban J connectivity index is 2.66. The summed E-state index contributed by atoms with van der Waals surface area (Å²) >= 11 is 0. The highest BCUT2D eigenvalue weighted by Crippen LogP contribution is 2.18. The van der Waals surface area contributed by atoms with Crippen molar-refractivity contribution in [1.29, 1.82) is 0 Å². The smallest absolute Gasteiger partial charge is 0.301 e. The summed E-state index contributed by atoms with van der Waals surface area (Å²) in [6.07, 6.45) is 0.716. The van der Waals surface area contributed by atoms with E-state index < -0.39 is 16.0 Å². The van der Waals surface area contributed by atoms with Crippen LogP contribution in [0.15, 0.2) is 18.2 Å². The van der Waals surface area contributed by atoms with Gasteiger partial charge in [-0.2, -0.15) is 12.7 Å². The monoisotopic (exact) mass is 303 g/mol. The normalized spacial score (nSPS) is 11.8. The van der Waals surface area contributed by atoms with Gasteiger partial charge in [0.1, 0.15) is 5.82 Å². The minimum absolute atomic E-state index is 0.267. The van der Waals surface area contributed by atoms with Crippen LogP contribution in [0, 0.1) is 12.7 Å². The number of nitrogens with one attached hydrogen (secondary N) is 2. The van der Waals surface area contributed by atoms with Crippen molar-refractivity contribution in [1.82, 2.24) is 9.62 Å². The van der Waals surface area contributed by atoms with Gasteiger partial charge in [-0.15, -0.1) is 0 Å². The van der Waals surface area contributed by atoms with E-state index in [4.69, 9.17) is 0 Å². The second-order valence-electron chi connectivity index (χ2n) is 4.59. The lowest BCUT2D eigenvalue weighted by Gasteiger charge is -2.19. The van der Waals surface area contributed by atoms with Gasteiger partial charge in [-0.25, -0.2) is 4.39 Å². The zero-order valence-electron chi connectivity index (χ0n) is 12.1. The van der Waals surface area contributed by atoms with Crippen molar-refractivity contribution in [2.24, 2.45) is 0 Å². The molecular weight excluding hydrogens is 281 g/mol. The zero-order valence-corrected chi connectivity index (χ0v) is 12.9. The minimum Gasteiger partial charge on any atom is -0.317 e. The predicted octanol–water partition coefficient (Wildman–Crippen LogP) is 1.72. The number of aryl methyl sites for hydroxylation is 1. The molecule has 0 saturated heterocycles. The van der Waals surface area contributed by atoms with Crippen LogP contribution in [0.4, 0.5) is 10.1 Å². The van der Waals surface area contributed by atoms with Crippen molar-refractivity contribution in [3.05, 3.63) is 29.6 Å². The van der Waals surface area contributed by atoms with Crippen molar-refractivity contribution in [2.75, 3.05) is 31.4 Å². The second-order valence-corrected chi connectivity index (χ2v) is 6.37. The van der Waals surface area contributed by atoms with Crippen LogP contribution >= 0.6 is 0 Å². The molecule has 20 heavy (non-hydrogen) atoms. The lowest BCUT2D eigenvalue weighted by Crippen LogP contribution is -2.34. The molecule has 5 nitrogen and oxygen atoms in total. The number of hydrogen-bond donors (Lipinski definition) is 2. The summed E-state index contributed by atoms with van der Waals surface area (Å²) < 4.78 is 41.0. The third-order valence-corrected chi connectivity index (χ3v) is 4.41. The van der Waals surface area contributed by atoms with Crippen LogP contribution in [0.5, 0.6) is 0 Å². The fourth-order valence-electron chi connectivity index (χ4n) is 1.64. The first kappa shape index (κ1) is 16.9. The van der Waals surface area contributed by atoms with Crippen LogP contribution in [0.2, 0.25) is 0 Å². The van der Waals surface area contributed by atoms with Crippen LogP contribution in [0.3, 0.4) is 0 Å². The third-order valence-electron chi connectivity index (χ3n) is 2.93. The standard InChI is InChI=1S/C13H22FN3O2S/c1-4-15-8-5-9-17(3)20(18,19)16-13-10-12(14)7-6-11(13)2/h6-7,10,15-16H,4-5,8-9H2,1-3H3. The third kappa shape index (κ3) is 5.07. The van der Waals surface area contributed by atoms with E-state index in [-0.39, 0.29) is 5.69 Å². The number of hydrogen-bond acceptors (Lipinski definition) is 3. The van der Waals surface area contributed by atoms with E-state index in [1.807, 2.05) is 6.92 Å². The van der Waals surface area contributed by atoms with Crippen molar-refractivity contribution >= 4 is 15.9 Å². The van der Waals surface area contributed by atoms with Gasteiger partial charge in [0.25, 0.3) is 0 Å². The maximum absolute atomic E-state index is 13.2. The molecule has 0 radical (unpaired) electrons. The molecule has 0 aromatic heterocycles. The van der Waals surface area contributed by atoms with E-state index in [1.165, 1.54) is 23.5 Å². The maximum atomic E-state index is 13.2. The van der Waals surface area contributed by atoms with Gasteiger partial charge in [-0.1, -0.05) is 13.0 Å². The summed E-state index contributed by atoms with van der Waals surface area (Å²) in [6.45, 7) is 5.74. The first-order valence-corrected chi connectivity index (χ1v) is 8.01. The molecule has 1 aromatic carbocycles. The Morgan fingerprint density at radius 2 is 2.05 bits per heavy atom. The molecule has 1 aromatic rings. The molecule has 0 amide bonds. The largest absolute Gasteiger partial charge is 0.317 e. The Morgan fingerprint density at radius 1 is 1.35 bits per heavy atom. The molecule has 0 aliphatic rings. The molecule has 2 N–H and O–H groups in total. The lowest BCUT2D eigenvalue weighted by molar-refractivity contribution is 0.459. The van der Waals surface area contributed by atoms with Crippen molar-refractivity contribution in [2.45, 2.75) is 20.3 Å². The van der Waals surface area contributed by atoms with Crippen molar-refractivity contribution in [3.8, 4) is 0 Å². The van der Waals surface area contributed by atoms with Crippen LogP contribution in [0.25, 0.3) is 0 Å². The van der Waals surface area contributed by atoms with Gasteiger partial charge in [0.15, 0.2) is 0 Å². The molecule has 0 bridgehead atoms. The highest BCUT2D eigenvalue weighted by molar-refractivity contribution is 7.90. The summed E-state index contributed by atoms with van der Waals surface area (Å²) in [5.74, 6) is -0.469. The maximum Gasteiger partial charge on any atom is 0.301 e. The zero-order chi connectivity index (χ0) is 15.2. The van der Waals surface area contributed by atoms with Gasteiger partial charge in [0.05, 0.1) is 5.69 Å². The molecule has 0 fully saturated rings. The number of benzene rings is 1. The van der Waals surface area contributed by atoms with Gasteiger partial charge in [0, 0.05) is 13.6 Å². The SMILES string of the molecule is CCNCCCN(C)S(=O)(=O)Nc1cc(F)ccc1C. The topological polar surface area (TPSA) is 61.4 Å². The number of halogens is 1. The van der Waals surface area contributed by atoms with E-state index >= 15 is 0 Å². The second kappa shape index (κ2) is 7.56. The summed E-state index contributed by atoms with van der Waals surface area (Å²) in [5, 5.41) is 3.13. The van der Waals surface area contributed by atoms with Gasteiger partial charge in [-0.3, -0.25) is 4.72 Å². The Labute approximate surface area is 120 Å². The van der Waals surface area contributed by atoms with Crippen molar-refractivity contribution < 1.29 is 12.8 Å². The molecular formula is C13H22FN3O2S. The first-order valence-electron chi connectivity index (χ1n) is 6.57. The minimum atomic E-state index is -3.65. The molecule has 1 rings (SSSR count). The highest BCUT2D eigenvalue weighted by atomic mass is 32.2. The molecule has 114 valence electrons. The molecule has 7 heteroatoms. The first-order chi connectivity index (χ1) is 9.36. The molecule has 0 aliphatic carbocycles. The van der Waals surface area contributed by atoms with E-state index in [0.717, 1.165) is 13.1 Å². The average molecular weight is 303 g/mol.